The van der Waals surface area contributed by atoms with Crippen LogP contribution in [0.5, 0.6) is 0 Å². The van der Waals surface area contributed by atoms with Gasteiger partial charge in [0, 0.05) is 12.8 Å². The highest BCUT2D eigenvalue weighted by atomic mass is 16.6. The number of carbonyl (C=O) groups excluding carboxylic acids is 2. The highest BCUT2D eigenvalue weighted by Crippen LogP contribution is 2.06. The molecule has 5 nitrogen and oxygen atoms in total. The molecular weight excluding hydrogens is 212 g/mol. The van der Waals surface area contributed by atoms with Gasteiger partial charge in [0.15, 0.2) is 18.0 Å². The van der Waals surface area contributed by atoms with Gasteiger partial charge < -0.3 is 14.9 Å². The van der Waals surface area contributed by atoms with Crippen LogP contribution in [0.25, 0.3) is 0 Å². The first-order valence-corrected chi connectivity index (χ1v) is 5.57. The largest absolute Gasteiger partial charge is 0.457 e. The van der Waals surface area contributed by atoms with E-state index in [-0.39, 0.29) is 12.8 Å². The number of aliphatic hydroxyl groups is 2. The molecular formula is C11H20O5. The second-order valence-electron chi connectivity index (χ2n) is 3.62. The fourth-order valence-electron chi connectivity index (χ4n) is 1.24. The average molecular weight is 232 g/mol. The van der Waals surface area contributed by atoms with E-state index in [1.54, 1.807) is 0 Å². The van der Waals surface area contributed by atoms with Crippen molar-refractivity contribution in [2.75, 3.05) is 6.61 Å². The first-order chi connectivity index (χ1) is 7.56. The molecule has 0 spiro atoms. The van der Waals surface area contributed by atoms with Crippen molar-refractivity contribution in [3.8, 4) is 0 Å². The van der Waals surface area contributed by atoms with Gasteiger partial charge in [0.2, 0.25) is 0 Å². The molecule has 0 aliphatic heterocycles. The predicted octanol–water partition coefficient (Wildman–Crippen LogP) is 0.421. The van der Waals surface area contributed by atoms with Gasteiger partial charge in [0.1, 0.15) is 0 Å². The van der Waals surface area contributed by atoms with Gasteiger partial charge in [-0.3, -0.25) is 9.59 Å². The van der Waals surface area contributed by atoms with Crippen molar-refractivity contribution in [2.45, 2.75) is 51.7 Å². The Morgan fingerprint density at radius 2 is 1.75 bits per heavy atom. The number of ketones is 1. The minimum atomic E-state index is -1.43. The topological polar surface area (TPSA) is 83.8 Å². The fraction of sp³-hybridized carbons (Fsp3) is 0.818. The molecule has 0 rings (SSSR count). The first-order valence-electron chi connectivity index (χ1n) is 5.57. The standard InChI is InChI=1S/C11H20O5/c1-3-5-8(13)11(15)9(7-12)16-10(14)6-4-2/h9,11-12,15H,3-7H2,1-2H3/t9-,11-/m0/s1. The number of esters is 1. The number of hydrogen-bond donors (Lipinski definition) is 2. The molecule has 0 amide bonds. The molecule has 0 saturated carbocycles. The fourth-order valence-corrected chi connectivity index (χ4v) is 1.24. The summed E-state index contributed by atoms with van der Waals surface area (Å²) < 4.78 is 4.81. The third-order valence-electron chi connectivity index (χ3n) is 2.10. The van der Waals surface area contributed by atoms with Gasteiger partial charge in [-0.25, -0.2) is 0 Å². The molecule has 0 aliphatic rings. The molecule has 0 aromatic rings. The van der Waals surface area contributed by atoms with Crippen molar-refractivity contribution in [1.29, 1.82) is 0 Å². The van der Waals surface area contributed by atoms with Gasteiger partial charge in [-0.2, -0.15) is 0 Å². The van der Waals surface area contributed by atoms with E-state index in [2.05, 4.69) is 0 Å². The third-order valence-corrected chi connectivity index (χ3v) is 2.10. The Hall–Kier alpha value is -0.940. The van der Waals surface area contributed by atoms with Crippen LogP contribution in [0.3, 0.4) is 0 Å². The molecule has 0 unspecified atom stereocenters. The number of carbonyl (C=O) groups is 2. The predicted molar refractivity (Wildman–Crippen MR) is 57.8 cm³/mol. The van der Waals surface area contributed by atoms with E-state index in [1.807, 2.05) is 13.8 Å². The Bertz CT molecular complexity index is 226. The van der Waals surface area contributed by atoms with Crippen molar-refractivity contribution >= 4 is 11.8 Å². The molecule has 0 radical (unpaired) electrons. The number of ether oxygens (including phenoxy) is 1. The number of hydrogen-bond acceptors (Lipinski definition) is 5. The lowest BCUT2D eigenvalue weighted by molar-refractivity contribution is -0.161. The van der Waals surface area contributed by atoms with E-state index in [0.717, 1.165) is 0 Å². The van der Waals surface area contributed by atoms with Crippen LogP contribution in [0, 0.1) is 0 Å². The molecule has 94 valence electrons. The van der Waals surface area contributed by atoms with Gasteiger partial charge in [-0.05, 0) is 12.8 Å². The van der Waals surface area contributed by atoms with Gasteiger partial charge in [0.25, 0.3) is 0 Å². The molecule has 0 aromatic heterocycles. The minimum Gasteiger partial charge on any atom is -0.457 e. The van der Waals surface area contributed by atoms with Crippen LogP contribution in [0.4, 0.5) is 0 Å². The first kappa shape index (κ1) is 15.1. The SMILES string of the molecule is CCCC(=O)O[C@@H](CO)[C@@H](O)C(=O)CCC. The Morgan fingerprint density at radius 1 is 1.19 bits per heavy atom. The lowest BCUT2D eigenvalue weighted by Gasteiger charge is -2.20. The van der Waals surface area contributed by atoms with E-state index in [4.69, 9.17) is 9.84 Å². The summed E-state index contributed by atoms with van der Waals surface area (Å²) >= 11 is 0. The van der Waals surface area contributed by atoms with Gasteiger partial charge >= 0.3 is 5.97 Å². The van der Waals surface area contributed by atoms with E-state index >= 15 is 0 Å². The summed E-state index contributed by atoms with van der Waals surface area (Å²) in [5, 5.41) is 18.5. The summed E-state index contributed by atoms with van der Waals surface area (Å²) in [4.78, 5) is 22.5. The molecule has 0 aromatic carbocycles. The molecule has 0 heterocycles. The molecule has 0 aliphatic carbocycles. The summed E-state index contributed by atoms with van der Waals surface area (Å²) in [6.07, 6.45) is -0.912. The van der Waals surface area contributed by atoms with Gasteiger partial charge in [-0.1, -0.05) is 13.8 Å². The summed E-state index contributed by atoms with van der Waals surface area (Å²) in [7, 11) is 0. The Labute approximate surface area is 95.4 Å². The molecule has 2 N–H and O–H groups in total. The Balaban J connectivity index is 4.25. The van der Waals surface area contributed by atoms with E-state index in [0.29, 0.717) is 12.8 Å². The zero-order valence-corrected chi connectivity index (χ0v) is 9.81. The van der Waals surface area contributed by atoms with Crippen molar-refractivity contribution in [3.05, 3.63) is 0 Å². The van der Waals surface area contributed by atoms with Crippen LogP contribution in [0.2, 0.25) is 0 Å². The lowest BCUT2D eigenvalue weighted by Crippen LogP contribution is -2.39. The zero-order chi connectivity index (χ0) is 12.6. The maximum absolute atomic E-state index is 11.3. The lowest BCUT2D eigenvalue weighted by atomic mass is 10.1. The summed E-state index contributed by atoms with van der Waals surface area (Å²) in [5.41, 5.74) is 0. The molecule has 0 bridgehead atoms. The van der Waals surface area contributed by atoms with Crippen LogP contribution in [0.1, 0.15) is 39.5 Å². The average Bonchev–Trinajstić information content (AvgIpc) is 2.25. The number of Topliss-reactive ketones (excluding diaryl/α,β-unsaturated/α-hetero) is 1. The smallest absolute Gasteiger partial charge is 0.306 e. The maximum Gasteiger partial charge on any atom is 0.306 e. The van der Waals surface area contributed by atoms with Gasteiger partial charge in [0.05, 0.1) is 6.61 Å². The quantitative estimate of drug-likeness (QED) is 0.592. The maximum atomic E-state index is 11.3. The molecule has 16 heavy (non-hydrogen) atoms. The van der Waals surface area contributed by atoms with Crippen molar-refractivity contribution < 1.29 is 24.5 Å². The van der Waals surface area contributed by atoms with Crippen LogP contribution >= 0.6 is 0 Å². The van der Waals surface area contributed by atoms with Crippen LogP contribution < -0.4 is 0 Å². The molecule has 2 atom stereocenters. The zero-order valence-electron chi connectivity index (χ0n) is 9.81. The highest BCUT2D eigenvalue weighted by molar-refractivity contribution is 5.83. The van der Waals surface area contributed by atoms with E-state index in [1.165, 1.54) is 0 Å². The van der Waals surface area contributed by atoms with Crippen molar-refractivity contribution in [2.24, 2.45) is 0 Å². The Morgan fingerprint density at radius 3 is 2.19 bits per heavy atom. The minimum absolute atomic E-state index is 0.211. The number of rotatable bonds is 8. The number of aliphatic hydroxyl groups excluding tert-OH is 2. The van der Waals surface area contributed by atoms with E-state index < -0.39 is 30.6 Å². The summed E-state index contributed by atoms with van der Waals surface area (Å²) in [6, 6.07) is 0. The van der Waals surface area contributed by atoms with Crippen LogP contribution in [-0.4, -0.2) is 40.8 Å². The molecule has 0 fully saturated rings. The normalized spacial score (nSPS) is 14.2. The second kappa shape index (κ2) is 8.24. The highest BCUT2D eigenvalue weighted by Gasteiger charge is 2.27. The van der Waals surface area contributed by atoms with Gasteiger partial charge in [-0.15, -0.1) is 0 Å². The van der Waals surface area contributed by atoms with Crippen LogP contribution in [-0.2, 0) is 14.3 Å². The second-order valence-corrected chi connectivity index (χ2v) is 3.62. The summed E-state index contributed by atoms with van der Waals surface area (Å²) in [6.45, 7) is 3.07. The van der Waals surface area contributed by atoms with Crippen molar-refractivity contribution in [1.82, 2.24) is 0 Å². The van der Waals surface area contributed by atoms with Crippen LogP contribution in [0.15, 0.2) is 0 Å². The van der Waals surface area contributed by atoms with E-state index in [9.17, 15) is 14.7 Å². The Kier molecular flexibility index (Phi) is 7.76. The third kappa shape index (κ3) is 5.23. The van der Waals surface area contributed by atoms with Crippen molar-refractivity contribution in [3.63, 3.8) is 0 Å². The monoisotopic (exact) mass is 232 g/mol. The summed E-state index contributed by atoms with van der Waals surface area (Å²) in [5.74, 6) is -0.921. The molecule has 0 saturated heterocycles. The molecule has 5 heteroatoms.